The van der Waals surface area contributed by atoms with Gasteiger partial charge in [-0.1, -0.05) is 12.1 Å². The van der Waals surface area contributed by atoms with Crippen molar-refractivity contribution in [1.82, 2.24) is 0 Å². The van der Waals surface area contributed by atoms with Crippen molar-refractivity contribution in [3.05, 3.63) is 39.9 Å². The number of nitro groups is 1. The van der Waals surface area contributed by atoms with Crippen molar-refractivity contribution in [3.63, 3.8) is 0 Å². The van der Waals surface area contributed by atoms with E-state index in [9.17, 15) is 20.3 Å². The number of ether oxygens (including phenoxy) is 2. The topological polar surface area (TPSA) is 122 Å². The molecule has 2 rings (SSSR count). The first-order chi connectivity index (χ1) is 9.54. The number of hydrogen-bond donors (Lipinski definition) is 3. The van der Waals surface area contributed by atoms with Gasteiger partial charge in [-0.2, -0.15) is 0 Å². The third-order valence-corrected chi connectivity index (χ3v) is 3.09. The average Bonchev–Trinajstić information content (AvgIpc) is 2.72. The molecule has 0 radical (unpaired) electrons. The molecule has 1 aromatic carbocycles. The molecule has 0 aromatic heterocycles. The van der Waals surface area contributed by atoms with E-state index in [0.717, 1.165) is 0 Å². The van der Waals surface area contributed by atoms with E-state index >= 15 is 0 Å². The van der Waals surface area contributed by atoms with E-state index in [4.69, 9.17) is 14.6 Å². The number of aliphatic hydroxyl groups excluding tert-OH is 3. The van der Waals surface area contributed by atoms with Crippen LogP contribution in [0, 0.1) is 10.1 Å². The zero-order valence-electron chi connectivity index (χ0n) is 10.5. The van der Waals surface area contributed by atoms with Crippen LogP contribution in [0.4, 0.5) is 5.69 Å². The van der Waals surface area contributed by atoms with E-state index in [0.29, 0.717) is 5.56 Å². The highest BCUT2D eigenvalue weighted by Crippen LogP contribution is 2.25. The summed E-state index contributed by atoms with van der Waals surface area (Å²) >= 11 is 0. The summed E-state index contributed by atoms with van der Waals surface area (Å²) in [6, 6.07) is 6.03. The van der Waals surface area contributed by atoms with Gasteiger partial charge < -0.3 is 24.8 Å². The molecule has 0 spiro atoms. The maximum absolute atomic E-state index is 10.8. The number of rotatable bonds is 5. The minimum atomic E-state index is -1.31. The highest BCUT2D eigenvalue weighted by molar-refractivity contribution is 5.39. The minimum absolute atomic E-state index is 0.0979. The van der Waals surface area contributed by atoms with Crippen molar-refractivity contribution < 1.29 is 29.7 Å². The number of aliphatic hydroxyl groups is 3. The van der Waals surface area contributed by atoms with E-state index < -0.39 is 36.1 Å². The summed E-state index contributed by atoms with van der Waals surface area (Å²) in [5.41, 5.74) is 0.231. The Bertz CT molecular complexity index is 481. The Morgan fingerprint density at radius 3 is 2.60 bits per heavy atom. The highest BCUT2D eigenvalue weighted by atomic mass is 16.7. The molecule has 1 aliphatic rings. The first-order valence-electron chi connectivity index (χ1n) is 6.01. The van der Waals surface area contributed by atoms with Gasteiger partial charge in [-0.05, 0) is 6.07 Å². The molecule has 110 valence electrons. The number of nitrogens with zero attached hydrogens (tertiary/aromatic N) is 1. The minimum Gasteiger partial charge on any atom is -0.394 e. The fraction of sp³-hybridized carbons (Fsp3) is 0.500. The van der Waals surface area contributed by atoms with Gasteiger partial charge in [0, 0.05) is 6.07 Å². The molecule has 4 atom stereocenters. The number of nitro benzene ring substituents is 1. The summed E-state index contributed by atoms with van der Waals surface area (Å²) in [6.45, 7) is -0.604. The van der Waals surface area contributed by atoms with Crippen molar-refractivity contribution in [2.75, 3.05) is 6.61 Å². The second-order valence-corrected chi connectivity index (χ2v) is 4.40. The van der Waals surface area contributed by atoms with E-state index in [1.807, 2.05) is 0 Å². The van der Waals surface area contributed by atoms with Crippen LogP contribution >= 0.6 is 0 Å². The number of para-hydroxylation sites is 1. The molecule has 0 amide bonds. The van der Waals surface area contributed by atoms with Gasteiger partial charge in [-0.25, -0.2) is 0 Å². The SMILES string of the molecule is O=[N+]([O-])c1ccccc1CO[C@H]1O[C@H](CO)[C@@H](O)[C@H]1O. The molecule has 20 heavy (non-hydrogen) atoms. The normalized spacial score (nSPS) is 29.6. The van der Waals surface area contributed by atoms with Gasteiger partial charge >= 0.3 is 0 Å². The lowest BCUT2D eigenvalue weighted by Crippen LogP contribution is -2.34. The van der Waals surface area contributed by atoms with Crippen LogP contribution in [0.15, 0.2) is 24.3 Å². The fourth-order valence-corrected chi connectivity index (χ4v) is 1.99. The zero-order chi connectivity index (χ0) is 14.7. The van der Waals surface area contributed by atoms with E-state index in [-0.39, 0.29) is 12.3 Å². The lowest BCUT2D eigenvalue weighted by molar-refractivity contribution is -0.386. The number of benzene rings is 1. The van der Waals surface area contributed by atoms with Crippen LogP contribution in [-0.4, -0.2) is 51.5 Å². The third kappa shape index (κ3) is 2.94. The molecule has 0 aliphatic carbocycles. The van der Waals surface area contributed by atoms with Crippen LogP contribution in [-0.2, 0) is 16.1 Å². The number of hydrogen-bond acceptors (Lipinski definition) is 7. The van der Waals surface area contributed by atoms with Crippen LogP contribution in [0.1, 0.15) is 5.56 Å². The van der Waals surface area contributed by atoms with E-state index in [1.165, 1.54) is 18.2 Å². The van der Waals surface area contributed by atoms with Crippen molar-refractivity contribution >= 4 is 5.69 Å². The quantitative estimate of drug-likeness (QED) is 0.494. The summed E-state index contributed by atoms with van der Waals surface area (Å²) < 4.78 is 10.4. The Balaban J connectivity index is 2.01. The monoisotopic (exact) mass is 285 g/mol. The van der Waals surface area contributed by atoms with Crippen LogP contribution < -0.4 is 0 Å². The van der Waals surface area contributed by atoms with Crippen LogP contribution in [0.2, 0.25) is 0 Å². The second-order valence-electron chi connectivity index (χ2n) is 4.40. The summed E-state index contributed by atoms with van der Waals surface area (Å²) in [7, 11) is 0. The molecule has 1 aliphatic heterocycles. The molecule has 0 unspecified atom stereocenters. The van der Waals surface area contributed by atoms with Crippen molar-refractivity contribution in [2.24, 2.45) is 0 Å². The third-order valence-electron chi connectivity index (χ3n) is 3.09. The molecule has 1 saturated heterocycles. The summed E-state index contributed by atoms with van der Waals surface area (Å²) in [6.07, 6.45) is -4.63. The molecule has 8 nitrogen and oxygen atoms in total. The predicted octanol–water partition coefficient (Wildman–Crippen LogP) is -0.450. The average molecular weight is 285 g/mol. The molecule has 3 N–H and O–H groups in total. The van der Waals surface area contributed by atoms with Gasteiger partial charge in [0.05, 0.1) is 23.7 Å². The van der Waals surface area contributed by atoms with Crippen molar-refractivity contribution in [3.8, 4) is 0 Å². The molecule has 0 saturated carbocycles. The Hall–Kier alpha value is -1.58. The molecule has 1 heterocycles. The van der Waals surface area contributed by atoms with Gasteiger partial charge in [-0.15, -0.1) is 0 Å². The predicted molar refractivity (Wildman–Crippen MR) is 65.6 cm³/mol. The van der Waals surface area contributed by atoms with Crippen LogP contribution in [0.5, 0.6) is 0 Å². The van der Waals surface area contributed by atoms with Gasteiger partial charge in [0.15, 0.2) is 6.29 Å². The summed E-state index contributed by atoms with van der Waals surface area (Å²) in [5.74, 6) is 0. The second kappa shape index (κ2) is 6.25. The smallest absolute Gasteiger partial charge is 0.274 e. The first kappa shape index (κ1) is 14.8. The van der Waals surface area contributed by atoms with Crippen molar-refractivity contribution in [2.45, 2.75) is 31.2 Å². The van der Waals surface area contributed by atoms with E-state index in [2.05, 4.69) is 0 Å². The maximum Gasteiger partial charge on any atom is 0.274 e. The molecule has 0 bridgehead atoms. The van der Waals surface area contributed by atoms with E-state index in [1.54, 1.807) is 6.07 Å². The Morgan fingerprint density at radius 1 is 1.30 bits per heavy atom. The lowest BCUT2D eigenvalue weighted by Gasteiger charge is -2.15. The fourth-order valence-electron chi connectivity index (χ4n) is 1.99. The lowest BCUT2D eigenvalue weighted by atomic mass is 10.1. The standard InChI is InChI=1S/C12H15NO7/c14-5-9-10(15)11(16)12(20-9)19-6-7-3-1-2-4-8(7)13(17)18/h1-4,9-12,14-16H,5-6H2/t9-,10-,11-,12+/m1/s1. The highest BCUT2D eigenvalue weighted by Gasteiger charge is 2.43. The Labute approximate surface area is 114 Å². The maximum atomic E-state index is 10.8. The van der Waals surface area contributed by atoms with Crippen LogP contribution in [0.3, 0.4) is 0 Å². The molecule has 8 heteroatoms. The zero-order valence-corrected chi connectivity index (χ0v) is 10.5. The summed E-state index contributed by atoms with van der Waals surface area (Å²) in [5, 5.41) is 39.0. The first-order valence-corrected chi connectivity index (χ1v) is 6.01. The summed E-state index contributed by atoms with van der Waals surface area (Å²) in [4.78, 5) is 10.3. The molecule has 1 fully saturated rings. The van der Waals surface area contributed by atoms with Gasteiger partial charge in [0.1, 0.15) is 18.3 Å². The van der Waals surface area contributed by atoms with Gasteiger partial charge in [0.25, 0.3) is 5.69 Å². The molecular formula is C12H15NO7. The largest absolute Gasteiger partial charge is 0.394 e. The van der Waals surface area contributed by atoms with Gasteiger partial charge in [0.2, 0.25) is 0 Å². The van der Waals surface area contributed by atoms with Crippen LogP contribution in [0.25, 0.3) is 0 Å². The Kier molecular flexibility index (Phi) is 4.63. The Morgan fingerprint density at radius 2 is 2.00 bits per heavy atom. The molecular weight excluding hydrogens is 270 g/mol. The van der Waals surface area contributed by atoms with Crippen molar-refractivity contribution in [1.29, 1.82) is 0 Å². The molecule has 1 aromatic rings. The van der Waals surface area contributed by atoms with Gasteiger partial charge in [-0.3, -0.25) is 10.1 Å².